The quantitative estimate of drug-likeness (QED) is 0.430. The molecule has 1 aliphatic carbocycles. The molecule has 4 atom stereocenters. The van der Waals surface area contributed by atoms with Gasteiger partial charge in [0.1, 0.15) is 0 Å². The first-order valence-corrected chi connectivity index (χ1v) is 6.92. The van der Waals surface area contributed by atoms with Crippen LogP contribution in [-0.2, 0) is 4.74 Å². The zero-order chi connectivity index (χ0) is 9.97. The first-order valence-electron chi connectivity index (χ1n) is 5.68. The highest BCUT2D eigenvalue weighted by Gasteiger charge is 2.37. The number of halogens is 1. The highest BCUT2D eigenvalue weighted by molar-refractivity contribution is 14.1. The second-order valence-corrected chi connectivity index (χ2v) is 6.18. The molecule has 14 heavy (non-hydrogen) atoms. The van der Waals surface area contributed by atoms with Crippen molar-refractivity contribution >= 4 is 22.6 Å². The molecule has 0 amide bonds. The van der Waals surface area contributed by atoms with Gasteiger partial charge in [0, 0.05) is 10.5 Å². The smallest absolute Gasteiger partial charge is 0.0613 e. The molecule has 0 aromatic heterocycles. The van der Waals surface area contributed by atoms with Crippen LogP contribution < -0.4 is 0 Å². The van der Waals surface area contributed by atoms with Gasteiger partial charge in [0.25, 0.3) is 0 Å². The predicted octanol–water partition coefficient (Wildman–Crippen LogP) is 3.57. The molecule has 0 aromatic rings. The van der Waals surface area contributed by atoms with Crippen LogP contribution in [0.2, 0.25) is 0 Å². The Labute approximate surface area is 100 Å². The average Bonchev–Trinajstić information content (AvgIpc) is 2.19. The van der Waals surface area contributed by atoms with Gasteiger partial charge in [-0.1, -0.05) is 28.7 Å². The number of alkyl halides is 1. The Hall–Kier alpha value is 0.430. The van der Waals surface area contributed by atoms with E-state index in [9.17, 15) is 0 Å². The topological polar surface area (TPSA) is 9.23 Å². The van der Waals surface area contributed by atoms with Crippen LogP contribution in [0.3, 0.4) is 0 Å². The zero-order valence-electron chi connectivity index (χ0n) is 8.62. The highest BCUT2D eigenvalue weighted by atomic mass is 127. The van der Waals surface area contributed by atoms with Crippen LogP contribution in [0.15, 0.2) is 12.7 Å². The lowest BCUT2D eigenvalue weighted by Gasteiger charge is -2.41. The fourth-order valence-corrected chi connectivity index (χ4v) is 3.93. The molecule has 0 N–H and O–H groups in total. The Morgan fingerprint density at radius 3 is 3.07 bits per heavy atom. The number of hydrogen-bond acceptors (Lipinski definition) is 1. The third-order valence-electron chi connectivity index (χ3n) is 3.62. The summed E-state index contributed by atoms with van der Waals surface area (Å²) in [5.41, 5.74) is 0. The SMILES string of the molecule is C=CC[C@H]1CC2CCCO[C@H]2CC1I. The minimum absolute atomic E-state index is 0.576. The number of allylic oxidation sites excluding steroid dienone is 1. The van der Waals surface area contributed by atoms with Gasteiger partial charge >= 0.3 is 0 Å². The maximum atomic E-state index is 5.85. The van der Waals surface area contributed by atoms with Gasteiger partial charge in [-0.05, 0) is 43.9 Å². The summed E-state index contributed by atoms with van der Waals surface area (Å²) in [6.07, 6.45) is 9.15. The first-order chi connectivity index (χ1) is 6.81. The number of fused-ring (bicyclic) bond motifs is 1. The van der Waals surface area contributed by atoms with Gasteiger partial charge < -0.3 is 4.74 Å². The van der Waals surface area contributed by atoms with Gasteiger partial charge in [-0.2, -0.15) is 0 Å². The Balaban J connectivity index is 1.95. The van der Waals surface area contributed by atoms with E-state index in [1.807, 2.05) is 0 Å². The van der Waals surface area contributed by atoms with Crippen LogP contribution in [0.4, 0.5) is 0 Å². The highest BCUT2D eigenvalue weighted by Crippen LogP contribution is 2.41. The van der Waals surface area contributed by atoms with Crippen molar-refractivity contribution < 1.29 is 4.74 Å². The Morgan fingerprint density at radius 1 is 1.43 bits per heavy atom. The van der Waals surface area contributed by atoms with E-state index < -0.39 is 0 Å². The van der Waals surface area contributed by atoms with E-state index in [4.69, 9.17) is 4.74 Å². The maximum Gasteiger partial charge on any atom is 0.0613 e. The maximum absolute atomic E-state index is 5.85. The van der Waals surface area contributed by atoms with Crippen LogP contribution in [0, 0.1) is 11.8 Å². The van der Waals surface area contributed by atoms with Crippen molar-refractivity contribution in [2.24, 2.45) is 11.8 Å². The van der Waals surface area contributed by atoms with E-state index in [1.165, 1.54) is 32.1 Å². The number of rotatable bonds is 2. The average molecular weight is 306 g/mol. The van der Waals surface area contributed by atoms with E-state index in [2.05, 4.69) is 35.2 Å². The van der Waals surface area contributed by atoms with E-state index >= 15 is 0 Å². The van der Waals surface area contributed by atoms with Crippen molar-refractivity contribution in [3.63, 3.8) is 0 Å². The molecule has 0 radical (unpaired) electrons. The summed E-state index contributed by atoms with van der Waals surface area (Å²) in [4.78, 5) is 0. The van der Waals surface area contributed by atoms with Gasteiger partial charge in [0.2, 0.25) is 0 Å². The summed E-state index contributed by atoms with van der Waals surface area (Å²) in [7, 11) is 0. The Morgan fingerprint density at radius 2 is 2.29 bits per heavy atom. The van der Waals surface area contributed by atoms with Crippen LogP contribution in [0.5, 0.6) is 0 Å². The molecule has 1 saturated carbocycles. The van der Waals surface area contributed by atoms with Crippen LogP contribution >= 0.6 is 22.6 Å². The van der Waals surface area contributed by atoms with Crippen LogP contribution in [-0.4, -0.2) is 16.6 Å². The molecule has 2 aliphatic rings. The standard InChI is InChI=1S/C12H19IO/c1-2-4-9-7-10-5-3-6-14-12(10)8-11(9)13/h2,9-12H,1,3-8H2/t9-,10?,11?,12-/m0/s1. The third-order valence-corrected chi connectivity index (χ3v) is 5.15. The molecule has 2 unspecified atom stereocenters. The van der Waals surface area contributed by atoms with E-state index in [0.717, 1.165) is 22.4 Å². The van der Waals surface area contributed by atoms with Crippen molar-refractivity contribution in [3.05, 3.63) is 12.7 Å². The molecule has 0 bridgehead atoms. The molecule has 1 nitrogen and oxygen atoms in total. The summed E-state index contributed by atoms with van der Waals surface area (Å²) >= 11 is 2.60. The van der Waals surface area contributed by atoms with Gasteiger partial charge in [0.05, 0.1) is 6.10 Å². The third kappa shape index (κ3) is 2.32. The molecule has 1 heterocycles. The van der Waals surface area contributed by atoms with Crippen molar-refractivity contribution in [2.75, 3.05) is 6.61 Å². The second kappa shape index (κ2) is 4.97. The molecule has 1 aliphatic heterocycles. The van der Waals surface area contributed by atoms with Gasteiger partial charge in [0.15, 0.2) is 0 Å². The molecule has 2 heteroatoms. The fraction of sp³-hybridized carbons (Fsp3) is 0.833. The fourth-order valence-electron chi connectivity index (χ4n) is 2.84. The number of ether oxygens (including phenoxy) is 1. The van der Waals surface area contributed by atoms with Gasteiger partial charge in [-0.25, -0.2) is 0 Å². The van der Waals surface area contributed by atoms with E-state index in [-0.39, 0.29) is 0 Å². The summed E-state index contributed by atoms with van der Waals surface area (Å²) in [6.45, 7) is 4.86. The minimum atomic E-state index is 0.576. The van der Waals surface area contributed by atoms with Crippen LogP contribution in [0.1, 0.15) is 32.1 Å². The van der Waals surface area contributed by atoms with Crippen molar-refractivity contribution in [2.45, 2.75) is 42.1 Å². The summed E-state index contributed by atoms with van der Waals surface area (Å²) in [5.74, 6) is 1.70. The summed E-state index contributed by atoms with van der Waals surface area (Å²) in [5, 5.41) is 0. The van der Waals surface area contributed by atoms with Crippen molar-refractivity contribution in [3.8, 4) is 0 Å². The van der Waals surface area contributed by atoms with Crippen LogP contribution in [0.25, 0.3) is 0 Å². The monoisotopic (exact) mass is 306 g/mol. The number of hydrogen-bond donors (Lipinski definition) is 0. The summed E-state index contributed by atoms with van der Waals surface area (Å²) in [6, 6.07) is 0. The van der Waals surface area contributed by atoms with E-state index in [1.54, 1.807) is 0 Å². The first kappa shape index (κ1) is 10.9. The Kier molecular flexibility index (Phi) is 3.88. The summed E-state index contributed by atoms with van der Waals surface area (Å²) < 4.78 is 6.64. The second-order valence-electron chi connectivity index (χ2n) is 4.58. The molecular formula is C12H19IO. The minimum Gasteiger partial charge on any atom is -0.378 e. The molecule has 2 fully saturated rings. The molecule has 1 saturated heterocycles. The van der Waals surface area contributed by atoms with Gasteiger partial charge in [-0.3, -0.25) is 0 Å². The van der Waals surface area contributed by atoms with Crippen molar-refractivity contribution in [1.29, 1.82) is 0 Å². The molecule has 0 spiro atoms. The lowest BCUT2D eigenvalue weighted by Crippen LogP contribution is -2.40. The van der Waals surface area contributed by atoms with E-state index in [0.29, 0.717) is 6.10 Å². The molecule has 80 valence electrons. The normalized spacial score (nSPS) is 42.9. The Bertz CT molecular complexity index is 204. The molecule has 0 aromatic carbocycles. The lowest BCUT2D eigenvalue weighted by atomic mass is 9.75. The zero-order valence-corrected chi connectivity index (χ0v) is 10.8. The molecular weight excluding hydrogens is 287 g/mol. The predicted molar refractivity (Wildman–Crippen MR) is 67.8 cm³/mol. The van der Waals surface area contributed by atoms with Gasteiger partial charge in [-0.15, -0.1) is 6.58 Å². The molecule has 2 rings (SSSR count). The largest absolute Gasteiger partial charge is 0.378 e. The van der Waals surface area contributed by atoms with Crippen molar-refractivity contribution in [1.82, 2.24) is 0 Å². The lowest BCUT2D eigenvalue weighted by molar-refractivity contribution is -0.0540.